The van der Waals surface area contributed by atoms with Gasteiger partial charge in [0.2, 0.25) is 0 Å². The van der Waals surface area contributed by atoms with Crippen molar-refractivity contribution in [3.63, 3.8) is 0 Å². The van der Waals surface area contributed by atoms with Gasteiger partial charge in [0.25, 0.3) is 0 Å². The lowest BCUT2D eigenvalue weighted by Crippen LogP contribution is -2.23. The highest BCUT2D eigenvalue weighted by molar-refractivity contribution is 5.40. The summed E-state index contributed by atoms with van der Waals surface area (Å²) in [6.45, 7) is 5.70. The Bertz CT molecular complexity index is 299. The number of nitrogens with zero attached hydrogens (tertiary/aromatic N) is 2. The van der Waals surface area contributed by atoms with Crippen LogP contribution in [0.15, 0.2) is 12.1 Å². The average Bonchev–Trinajstić information content (AvgIpc) is 2.18. The van der Waals surface area contributed by atoms with Gasteiger partial charge in [-0.2, -0.15) is 0 Å². The number of rotatable bonds is 4. The average molecular weight is 194 g/mol. The summed E-state index contributed by atoms with van der Waals surface area (Å²) in [7, 11) is 3.73. The first-order valence-electron chi connectivity index (χ1n) is 4.79. The van der Waals surface area contributed by atoms with E-state index in [1.54, 1.807) is 7.11 Å². The van der Waals surface area contributed by atoms with E-state index in [1.165, 1.54) is 5.56 Å². The summed E-state index contributed by atoms with van der Waals surface area (Å²) in [5.41, 5.74) is 2.32. The molecule has 0 aliphatic heterocycles. The Balaban J connectivity index is 2.70. The van der Waals surface area contributed by atoms with E-state index >= 15 is 0 Å². The van der Waals surface area contributed by atoms with Gasteiger partial charge in [-0.15, -0.1) is 0 Å². The van der Waals surface area contributed by atoms with Crippen LogP contribution >= 0.6 is 0 Å². The van der Waals surface area contributed by atoms with Crippen molar-refractivity contribution in [2.75, 3.05) is 32.2 Å². The third kappa shape index (κ3) is 2.70. The van der Waals surface area contributed by atoms with Crippen LogP contribution in [0.2, 0.25) is 0 Å². The zero-order chi connectivity index (χ0) is 10.6. The zero-order valence-corrected chi connectivity index (χ0v) is 9.37. The molecule has 0 N–H and O–H groups in total. The number of likely N-dealkylation sites (N-methyl/N-ethyl adjacent to an activating group) is 1. The molecule has 0 bridgehead atoms. The predicted molar refractivity (Wildman–Crippen MR) is 58.9 cm³/mol. The molecule has 1 rings (SSSR count). The number of aromatic nitrogens is 1. The molecular formula is C11H18N2O. The molecule has 0 atom stereocenters. The Kier molecular flexibility index (Phi) is 3.89. The first-order valence-corrected chi connectivity index (χ1v) is 4.79. The summed E-state index contributed by atoms with van der Waals surface area (Å²) in [4.78, 5) is 6.59. The molecule has 1 aromatic heterocycles. The van der Waals surface area contributed by atoms with E-state index in [2.05, 4.69) is 22.9 Å². The molecule has 1 aromatic rings. The topological polar surface area (TPSA) is 25.4 Å². The lowest BCUT2D eigenvalue weighted by atomic mass is 10.2. The van der Waals surface area contributed by atoms with Crippen molar-refractivity contribution in [2.24, 2.45) is 0 Å². The number of ether oxygens (including phenoxy) is 1. The lowest BCUT2D eigenvalue weighted by molar-refractivity contribution is 0.206. The highest BCUT2D eigenvalue weighted by Crippen LogP contribution is 2.12. The minimum Gasteiger partial charge on any atom is -0.383 e. The van der Waals surface area contributed by atoms with E-state index in [9.17, 15) is 0 Å². The van der Waals surface area contributed by atoms with E-state index in [0.29, 0.717) is 0 Å². The molecule has 0 aliphatic rings. The fourth-order valence-electron chi connectivity index (χ4n) is 1.17. The second kappa shape index (κ2) is 4.96. The summed E-state index contributed by atoms with van der Waals surface area (Å²) in [6.07, 6.45) is 0. The maximum Gasteiger partial charge on any atom is 0.128 e. The van der Waals surface area contributed by atoms with Crippen molar-refractivity contribution in [1.82, 2.24) is 4.98 Å². The van der Waals surface area contributed by atoms with Crippen LogP contribution in [0.1, 0.15) is 11.3 Å². The summed E-state index contributed by atoms with van der Waals surface area (Å²) in [6, 6.07) is 4.14. The van der Waals surface area contributed by atoms with Crippen molar-refractivity contribution < 1.29 is 4.74 Å². The van der Waals surface area contributed by atoms with Gasteiger partial charge in [-0.3, -0.25) is 0 Å². The van der Waals surface area contributed by atoms with Gasteiger partial charge in [0, 0.05) is 26.4 Å². The van der Waals surface area contributed by atoms with Gasteiger partial charge in [0.15, 0.2) is 0 Å². The van der Waals surface area contributed by atoms with E-state index < -0.39 is 0 Å². The van der Waals surface area contributed by atoms with Gasteiger partial charge in [0.1, 0.15) is 5.82 Å². The highest BCUT2D eigenvalue weighted by Gasteiger charge is 2.02. The maximum atomic E-state index is 5.02. The van der Waals surface area contributed by atoms with Crippen molar-refractivity contribution >= 4 is 5.82 Å². The molecule has 0 aliphatic carbocycles. The number of anilines is 1. The number of aryl methyl sites for hydroxylation is 2. The Morgan fingerprint density at radius 2 is 2.07 bits per heavy atom. The smallest absolute Gasteiger partial charge is 0.128 e. The number of hydrogen-bond acceptors (Lipinski definition) is 3. The van der Waals surface area contributed by atoms with Gasteiger partial charge in [-0.05, 0) is 25.5 Å². The minimum atomic E-state index is 0.727. The highest BCUT2D eigenvalue weighted by atomic mass is 16.5. The molecular weight excluding hydrogens is 176 g/mol. The Hall–Kier alpha value is -1.09. The molecule has 0 saturated carbocycles. The van der Waals surface area contributed by atoms with Crippen LogP contribution in [0.5, 0.6) is 0 Å². The van der Waals surface area contributed by atoms with Gasteiger partial charge < -0.3 is 9.64 Å². The van der Waals surface area contributed by atoms with Crippen LogP contribution in [-0.2, 0) is 4.74 Å². The minimum absolute atomic E-state index is 0.727. The molecule has 0 saturated heterocycles. The predicted octanol–water partition coefficient (Wildman–Crippen LogP) is 1.78. The lowest BCUT2D eigenvalue weighted by Gasteiger charge is -2.18. The second-order valence-corrected chi connectivity index (χ2v) is 3.49. The Morgan fingerprint density at radius 3 is 2.64 bits per heavy atom. The zero-order valence-electron chi connectivity index (χ0n) is 9.37. The van der Waals surface area contributed by atoms with Crippen molar-refractivity contribution in [2.45, 2.75) is 13.8 Å². The van der Waals surface area contributed by atoms with E-state index in [1.807, 2.05) is 20.0 Å². The fraction of sp³-hybridized carbons (Fsp3) is 0.545. The van der Waals surface area contributed by atoms with Crippen molar-refractivity contribution in [3.05, 3.63) is 23.4 Å². The molecule has 3 heteroatoms. The Morgan fingerprint density at radius 1 is 1.36 bits per heavy atom. The largest absolute Gasteiger partial charge is 0.383 e. The van der Waals surface area contributed by atoms with Crippen LogP contribution in [-0.4, -0.2) is 32.3 Å². The first kappa shape index (κ1) is 11.0. The third-order valence-electron chi connectivity index (χ3n) is 2.36. The van der Waals surface area contributed by atoms with E-state index in [-0.39, 0.29) is 0 Å². The van der Waals surface area contributed by atoms with E-state index in [0.717, 1.165) is 24.7 Å². The van der Waals surface area contributed by atoms with Crippen molar-refractivity contribution in [3.8, 4) is 0 Å². The molecule has 0 unspecified atom stereocenters. The molecule has 0 fully saturated rings. The molecule has 14 heavy (non-hydrogen) atoms. The van der Waals surface area contributed by atoms with Crippen molar-refractivity contribution in [1.29, 1.82) is 0 Å². The van der Waals surface area contributed by atoms with Crippen LogP contribution in [0.25, 0.3) is 0 Å². The fourth-order valence-corrected chi connectivity index (χ4v) is 1.17. The standard InChI is InChI=1S/C11H18N2O/c1-9-5-6-11(12-10(9)2)13(3)7-8-14-4/h5-6H,7-8H2,1-4H3. The number of hydrogen-bond donors (Lipinski definition) is 0. The Labute approximate surface area is 85.7 Å². The van der Waals surface area contributed by atoms with Gasteiger partial charge in [-0.25, -0.2) is 4.98 Å². The third-order valence-corrected chi connectivity index (χ3v) is 2.36. The summed E-state index contributed by atoms with van der Waals surface area (Å²) >= 11 is 0. The van der Waals surface area contributed by atoms with Gasteiger partial charge >= 0.3 is 0 Å². The summed E-state index contributed by atoms with van der Waals surface area (Å²) in [5, 5.41) is 0. The molecule has 3 nitrogen and oxygen atoms in total. The molecule has 1 heterocycles. The van der Waals surface area contributed by atoms with Gasteiger partial charge in [-0.1, -0.05) is 6.07 Å². The van der Waals surface area contributed by atoms with Crippen LogP contribution in [0, 0.1) is 13.8 Å². The monoisotopic (exact) mass is 194 g/mol. The molecule has 78 valence electrons. The van der Waals surface area contributed by atoms with Gasteiger partial charge in [0.05, 0.1) is 6.61 Å². The number of methoxy groups -OCH3 is 1. The first-order chi connectivity index (χ1) is 6.65. The second-order valence-electron chi connectivity index (χ2n) is 3.49. The molecule has 0 radical (unpaired) electrons. The van der Waals surface area contributed by atoms with E-state index in [4.69, 9.17) is 4.74 Å². The quantitative estimate of drug-likeness (QED) is 0.730. The normalized spacial score (nSPS) is 10.3. The van der Waals surface area contributed by atoms with Crippen LogP contribution < -0.4 is 4.90 Å². The maximum absolute atomic E-state index is 5.02. The van der Waals surface area contributed by atoms with Crippen LogP contribution in [0.4, 0.5) is 5.82 Å². The van der Waals surface area contributed by atoms with Crippen LogP contribution in [0.3, 0.4) is 0 Å². The SMILES string of the molecule is COCCN(C)c1ccc(C)c(C)n1. The summed E-state index contributed by atoms with van der Waals surface area (Å²) in [5.74, 6) is 1.00. The number of pyridine rings is 1. The molecule has 0 aromatic carbocycles. The molecule has 0 amide bonds. The summed E-state index contributed by atoms with van der Waals surface area (Å²) < 4.78 is 5.02. The molecule has 0 spiro atoms.